The molecule has 4 aromatic rings. The van der Waals surface area contributed by atoms with E-state index in [-0.39, 0.29) is 5.91 Å². The average molecular weight is 517 g/mol. The van der Waals surface area contributed by atoms with Crippen LogP contribution in [-0.2, 0) is 11.2 Å². The molecule has 5 rings (SSSR count). The molecule has 1 aliphatic heterocycles. The molecule has 196 valence electrons. The topological polar surface area (TPSA) is 85.1 Å². The van der Waals surface area contributed by atoms with E-state index in [1.807, 2.05) is 72.8 Å². The number of hydrogen-bond acceptors (Lipinski definition) is 6. The van der Waals surface area contributed by atoms with Crippen LogP contribution in [-0.4, -0.2) is 60.0 Å². The summed E-state index contributed by atoms with van der Waals surface area (Å²) in [6.45, 7) is 4.51. The Morgan fingerprint density at radius 3 is 2.23 bits per heavy atom. The number of aromatic nitrogens is 2. The third-order valence-corrected chi connectivity index (χ3v) is 6.94. The van der Waals surface area contributed by atoms with Gasteiger partial charge in [0.2, 0.25) is 5.91 Å². The number of piperazine rings is 1. The van der Waals surface area contributed by atoms with E-state index < -0.39 is 5.92 Å². The molecule has 1 atom stereocenters. The number of anilines is 1. The van der Waals surface area contributed by atoms with Gasteiger partial charge in [0.1, 0.15) is 5.69 Å². The van der Waals surface area contributed by atoms with Crippen LogP contribution in [0.1, 0.15) is 22.7 Å². The lowest BCUT2D eigenvalue weighted by Gasteiger charge is -2.35. The Morgan fingerprint density at radius 1 is 0.897 bits per heavy atom. The van der Waals surface area contributed by atoms with Crippen molar-refractivity contribution in [3.05, 3.63) is 108 Å². The van der Waals surface area contributed by atoms with Crippen molar-refractivity contribution in [2.24, 2.45) is 0 Å². The van der Waals surface area contributed by atoms with E-state index in [4.69, 9.17) is 9.97 Å². The first-order valence-electron chi connectivity index (χ1n) is 13.4. The zero-order chi connectivity index (χ0) is 26.9. The second-order valence-corrected chi connectivity index (χ2v) is 9.61. The van der Waals surface area contributed by atoms with E-state index in [0.29, 0.717) is 30.0 Å². The lowest BCUT2D eigenvalue weighted by Crippen LogP contribution is -2.47. The molecule has 7 heteroatoms. The molecule has 0 radical (unpaired) electrons. The number of nitrogens with one attached hydrogen (secondary N) is 1. The molecular formula is C32H32N6O. The predicted molar refractivity (Wildman–Crippen MR) is 155 cm³/mol. The minimum Gasteiger partial charge on any atom is -0.354 e. The quantitative estimate of drug-likeness (QED) is 0.354. The van der Waals surface area contributed by atoms with Crippen molar-refractivity contribution in [2.45, 2.75) is 12.3 Å². The molecule has 39 heavy (non-hydrogen) atoms. The number of carbonyl (C=O) groups is 1. The van der Waals surface area contributed by atoms with E-state index >= 15 is 0 Å². The monoisotopic (exact) mass is 516 g/mol. The first-order chi connectivity index (χ1) is 19.2. The van der Waals surface area contributed by atoms with Gasteiger partial charge in [-0.05, 0) is 29.7 Å². The summed E-state index contributed by atoms with van der Waals surface area (Å²) in [5.74, 6) is -0.762. The van der Waals surface area contributed by atoms with Crippen LogP contribution in [0.25, 0.3) is 17.1 Å². The summed E-state index contributed by atoms with van der Waals surface area (Å²) in [7, 11) is 0. The van der Waals surface area contributed by atoms with E-state index in [1.165, 1.54) is 5.56 Å². The number of benzene rings is 3. The van der Waals surface area contributed by atoms with Crippen molar-refractivity contribution in [2.75, 3.05) is 44.2 Å². The van der Waals surface area contributed by atoms with Crippen molar-refractivity contribution < 1.29 is 4.79 Å². The number of nitriles is 1. The van der Waals surface area contributed by atoms with Crippen LogP contribution in [0.4, 0.5) is 5.82 Å². The van der Waals surface area contributed by atoms with Gasteiger partial charge in [-0.3, -0.25) is 9.69 Å². The Kier molecular flexibility index (Phi) is 8.57. The van der Waals surface area contributed by atoms with Crippen LogP contribution in [0.5, 0.6) is 0 Å². The van der Waals surface area contributed by atoms with Gasteiger partial charge >= 0.3 is 0 Å². The van der Waals surface area contributed by atoms with Gasteiger partial charge in [0.25, 0.3) is 0 Å². The Balaban J connectivity index is 1.29. The number of amides is 1. The molecule has 0 spiro atoms. The van der Waals surface area contributed by atoms with Crippen LogP contribution in [0.15, 0.2) is 91.0 Å². The molecule has 1 saturated heterocycles. The lowest BCUT2D eigenvalue weighted by atomic mass is 10.0. The summed E-state index contributed by atoms with van der Waals surface area (Å²) < 4.78 is 0. The van der Waals surface area contributed by atoms with Gasteiger partial charge < -0.3 is 10.2 Å². The SMILES string of the molecule is N#C[C@@H](C(=O)NCCc1ccccc1)c1nc2ccccc2nc1N1CCN(C/C=C/c2ccccc2)CC1. The lowest BCUT2D eigenvalue weighted by molar-refractivity contribution is -0.121. The molecule has 1 aliphatic rings. The Hall–Kier alpha value is -4.54. The maximum absolute atomic E-state index is 13.2. The summed E-state index contributed by atoms with van der Waals surface area (Å²) in [6.07, 6.45) is 5.03. The highest BCUT2D eigenvalue weighted by atomic mass is 16.1. The van der Waals surface area contributed by atoms with Crippen LogP contribution in [0.3, 0.4) is 0 Å². The largest absolute Gasteiger partial charge is 0.354 e. The van der Waals surface area contributed by atoms with Gasteiger partial charge in [-0.1, -0.05) is 84.9 Å². The maximum Gasteiger partial charge on any atom is 0.243 e. The normalized spacial score (nSPS) is 14.8. The zero-order valence-electron chi connectivity index (χ0n) is 21.9. The minimum atomic E-state index is -1.04. The summed E-state index contributed by atoms with van der Waals surface area (Å²) in [6, 6.07) is 30.1. The molecule has 1 N–H and O–H groups in total. The molecular weight excluding hydrogens is 484 g/mol. The van der Waals surface area contributed by atoms with Crippen LogP contribution >= 0.6 is 0 Å². The van der Waals surface area contributed by atoms with Crippen LogP contribution in [0, 0.1) is 11.3 Å². The van der Waals surface area contributed by atoms with Crippen molar-refractivity contribution in [3.8, 4) is 6.07 Å². The molecule has 1 fully saturated rings. The second-order valence-electron chi connectivity index (χ2n) is 9.61. The van der Waals surface area contributed by atoms with Crippen molar-refractivity contribution in [1.82, 2.24) is 20.2 Å². The van der Waals surface area contributed by atoms with Gasteiger partial charge in [0.15, 0.2) is 11.7 Å². The fourth-order valence-corrected chi connectivity index (χ4v) is 4.80. The fourth-order valence-electron chi connectivity index (χ4n) is 4.80. The van der Waals surface area contributed by atoms with Crippen molar-refractivity contribution in [3.63, 3.8) is 0 Å². The predicted octanol–water partition coefficient (Wildman–Crippen LogP) is 4.43. The number of rotatable bonds is 9. The Morgan fingerprint density at radius 2 is 1.54 bits per heavy atom. The van der Waals surface area contributed by atoms with E-state index in [0.717, 1.165) is 43.8 Å². The van der Waals surface area contributed by atoms with Crippen LogP contribution in [0.2, 0.25) is 0 Å². The molecule has 0 bridgehead atoms. The molecule has 0 unspecified atom stereocenters. The first-order valence-corrected chi connectivity index (χ1v) is 13.4. The number of nitrogens with zero attached hydrogens (tertiary/aromatic N) is 5. The summed E-state index contributed by atoms with van der Waals surface area (Å²) in [5.41, 5.74) is 4.18. The number of hydrogen-bond donors (Lipinski definition) is 1. The van der Waals surface area contributed by atoms with Gasteiger partial charge in [0.05, 0.1) is 17.1 Å². The van der Waals surface area contributed by atoms with Gasteiger partial charge in [-0.25, -0.2) is 9.97 Å². The average Bonchev–Trinajstić information content (AvgIpc) is 2.99. The molecule has 3 aromatic carbocycles. The molecule has 0 aliphatic carbocycles. The van der Waals surface area contributed by atoms with Crippen molar-refractivity contribution in [1.29, 1.82) is 5.26 Å². The highest BCUT2D eigenvalue weighted by molar-refractivity contribution is 5.88. The van der Waals surface area contributed by atoms with Gasteiger partial charge in [-0.2, -0.15) is 5.26 Å². The third kappa shape index (κ3) is 6.67. The highest BCUT2D eigenvalue weighted by Gasteiger charge is 2.30. The standard InChI is InChI=1S/C32H32N6O/c33-24-27(32(39)34-18-17-26-12-5-2-6-13-26)30-31(36-29-16-8-7-15-28(29)35-30)38-22-20-37(21-23-38)19-9-14-25-10-3-1-4-11-25/h1-16,27H,17-23H2,(H,34,39)/b14-9+/t27-/m1/s1. The Labute approximate surface area is 229 Å². The molecule has 0 saturated carbocycles. The van der Waals surface area contributed by atoms with Gasteiger partial charge in [0, 0.05) is 39.3 Å². The van der Waals surface area contributed by atoms with E-state index in [1.54, 1.807) is 0 Å². The fraction of sp³-hybridized carbons (Fsp3) is 0.250. The minimum absolute atomic E-state index is 0.344. The molecule has 1 aromatic heterocycles. The smallest absolute Gasteiger partial charge is 0.243 e. The van der Waals surface area contributed by atoms with Crippen LogP contribution < -0.4 is 10.2 Å². The first kappa shape index (κ1) is 26.1. The van der Waals surface area contributed by atoms with E-state index in [2.05, 4.69) is 45.5 Å². The maximum atomic E-state index is 13.2. The Bertz CT molecular complexity index is 1460. The summed E-state index contributed by atoms with van der Waals surface area (Å²) >= 11 is 0. The summed E-state index contributed by atoms with van der Waals surface area (Å²) in [4.78, 5) is 27.4. The number of fused-ring (bicyclic) bond motifs is 1. The van der Waals surface area contributed by atoms with Crippen molar-refractivity contribution >= 4 is 28.8 Å². The molecule has 7 nitrogen and oxygen atoms in total. The third-order valence-electron chi connectivity index (χ3n) is 6.94. The second kappa shape index (κ2) is 12.8. The van der Waals surface area contributed by atoms with E-state index in [9.17, 15) is 10.1 Å². The molecule has 2 heterocycles. The molecule has 1 amide bonds. The zero-order valence-corrected chi connectivity index (χ0v) is 21.9. The summed E-state index contributed by atoms with van der Waals surface area (Å²) in [5, 5.41) is 13.0. The highest BCUT2D eigenvalue weighted by Crippen LogP contribution is 2.28. The van der Waals surface area contributed by atoms with Gasteiger partial charge in [-0.15, -0.1) is 0 Å². The number of carbonyl (C=O) groups excluding carboxylic acids is 1. The number of para-hydroxylation sites is 2.